The van der Waals surface area contributed by atoms with Gasteiger partial charge in [0.2, 0.25) is 0 Å². The number of rotatable bonds is 10. The lowest BCUT2D eigenvalue weighted by Gasteiger charge is -2.12. The van der Waals surface area contributed by atoms with E-state index in [9.17, 15) is 19.2 Å². The van der Waals surface area contributed by atoms with E-state index < -0.39 is 23.9 Å². The third-order valence-electron chi connectivity index (χ3n) is 4.85. The number of benzene rings is 3. The molecule has 0 aromatic heterocycles. The van der Waals surface area contributed by atoms with Gasteiger partial charge < -0.3 is 18.9 Å². The van der Waals surface area contributed by atoms with Crippen LogP contribution in [0.5, 0.6) is 23.0 Å². The molecule has 8 nitrogen and oxygen atoms in total. The molecule has 8 heteroatoms. The monoisotopic (exact) mass is 510 g/mol. The zero-order chi connectivity index (χ0) is 27.7. The number of hydrogen-bond acceptors (Lipinski definition) is 8. The van der Waals surface area contributed by atoms with E-state index in [1.807, 2.05) is 0 Å². The molecular weight excluding hydrogens is 488 g/mol. The highest BCUT2D eigenvalue weighted by Gasteiger charge is 2.12. The fraction of sp³-hybridized carbons (Fsp3) is 0. The van der Waals surface area contributed by atoms with Gasteiger partial charge in [0.25, 0.3) is 0 Å². The third kappa shape index (κ3) is 7.25. The van der Waals surface area contributed by atoms with Crippen LogP contribution in [0.15, 0.2) is 111 Å². The Morgan fingerprint density at radius 3 is 0.868 bits per heavy atom. The predicted octanol–water partition coefficient (Wildman–Crippen LogP) is 5.39. The molecule has 3 aromatic rings. The Hall–Kier alpha value is -5.50. The largest absolute Gasteiger partial charge is 0.423 e. The third-order valence-corrected chi connectivity index (χ3v) is 4.85. The van der Waals surface area contributed by atoms with E-state index in [0.717, 1.165) is 24.3 Å². The highest BCUT2D eigenvalue weighted by molar-refractivity contribution is 5.87. The van der Waals surface area contributed by atoms with Gasteiger partial charge in [0.05, 0.1) is 0 Å². The summed E-state index contributed by atoms with van der Waals surface area (Å²) in [4.78, 5) is 46.8. The molecule has 0 radical (unpaired) electrons. The van der Waals surface area contributed by atoms with Crippen molar-refractivity contribution in [3.8, 4) is 45.3 Å². The lowest BCUT2D eigenvalue weighted by Crippen LogP contribution is -2.06. The van der Waals surface area contributed by atoms with Gasteiger partial charge in [0.15, 0.2) is 0 Å². The van der Waals surface area contributed by atoms with Crippen molar-refractivity contribution in [1.82, 2.24) is 0 Å². The minimum Gasteiger partial charge on any atom is -0.423 e. The lowest BCUT2D eigenvalue weighted by atomic mass is 9.99. The Bertz CT molecular complexity index is 1260. The number of carbonyl (C=O) groups is 4. The van der Waals surface area contributed by atoms with E-state index in [0.29, 0.717) is 22.3 Å². The molecule has 3 rings (SSSR count). The molecule has 0 aliphatic heterocycles. The quantitative estimate of drug-likeness (QED) is 0.203. The van der Waals surface area contributed by atoms with Crippen LogP contribution >= 0.6 is 0 Å². The van der Waals surface area contributed by atoms with Gasteiger partial charge >= 0.3 is 23.9 Å². The molecule has 0 saturated heterocycles. The van der Waals surface area contributed by atoms with Crippen molar-refractivity contribution in [3.05, 3.63) is 111 Å². The molecule has 0 aliphatic rings. The van der Waals surface area contributed by atoms with Crippen molar-refractivity contribution in [3.63, 3.8) is 0 Å². The highest BCUT2D eigenvalue weighted by Crippen LogP contribution is 2.34. The standard InChI is InChI=1S/C30H22O8/c1-5-27(31)35-23-13-21(14-24(17-23)36-28(32)6-2)19-9-11-20(12-10-19)22-15-25(37-29(33)7-3)18-26(16-22)38-30(34)8-4/h5-18H,1-4H2. The molecule has 0 amide bonds. The number of hydrogen-bond donors (Lipinski definition) is 0. The summed E-state index contributed by atoms with van der Waals surface area (Å²) in [5.41, 5.74) is 2.58. The van der Waals surface area contributed by atoms with Gasteiger partial charge in [0.1, 0.15) is 23.0 Å². The van der Waals surface area contributed by atoms with Gasteiger partial charge in [-0.25, -0.2) is 19.2 Å². The van der Waals surface area contributed by atoms with Crippen molar-refractivity contribution in [2.45, 2.75) is 0 Å². The van der Waals surface area contributed by atoms with Crippen LogP contribution < -0.4 is 18.9 Å². The Labute approximate surface area is 218 Å². The van der Waals surface area contributed by atoms with E-state index in [-0.39, 0.29) is 23.0 Å². The summed E-state index contributed by atoms with van der Waals surface area (Å²) in [7, 11) is 0. The minimum atomic E-state index is -0.677. The van der Waals surface area contributed by atoms with E-state index in [1.54, 1.807) is 48.5 Å². The second-order valence-corrected chi connectivity index (χ2v) is 7.46. The molecule has 0 bridgehead atoms. The number of carbonyl (C=O) groups excluding carboxylic acids is 4. The maximum atomic E-state index is 11.7. The molecule has 0 spiro atoms. The summed E-state index contributed by atoms with van der Waals surface area (Å²) < 4.78 is 20.8. The SMILES string of the molecule is C=CC(=O)Oc1cc(OC(=O)C=C)cc(-c2ccc(-c3cc(OC(=O)C=C)cc(OC(=O)C=C)c3)cc2)c1. The Morgan fingerprint density at radius 1 is 0.421 bits per heavy atom. The van der Waals surface area contributed by atoms with Crippen LogP contribution in [0.3, 0.4) is 0 Å². The maximum absolute atomic E-state index is 11.7. The van der Waals surface area contributed by atoms with Gasteiger partial charge in [-0.1, -0.05) is 50.6 Å². The van der Waals surface area contributed by atoms with Gasteiger partial charge in [-0.3, -0.25) is 0 Å². The smallest absolute Gasteiger partial charge is 0.335 e. The van der Waals surface area contributed by atoms with Crippen LogP contribution in [-0.4, -0.2) is 23.9 Å². The Balaban J connectivity index is 2.00. The zero-order valence-electron chi connectivity index (χ0n) is 20.2. The molecule has 38 heavy (non-hydrogen) atoms. The fourth-order valence-corrected chi connectivity index (χ4v) is 3.20. The summed E-state index contributed by atoms with van der Waals surface area (Å²) >= 11 is 0. The molecule has 0 aliphatic carbocycles. The first-order valence-electron chi connectivity index (χ1n) is 11.0. The average molecular weight is 510 g/mol. The first-order valence-corrected chi connectivity index (χ1v) is 11.0. The highest BCUT2D eigenvalue weighted by atomic mass is 16.6. The molecular formula is C30H22O8. The predicted molar refractivity (Wildman–Crippen MR) is 141 cm³/mol. The van der Waals surface area contributed by atoms with E-state index >= 15 is 0 Å². The first-order chi connectivity index (χ1) is 18.2. The molecule has 0 heterocycles. The van der Waals surface area contributed by atoms with Gasteiger partial charge in [-0.15, -0.1) is 0 Å². The average Bonchev–Trinajstić information content (AvgIpc) is 2.92. The summed E-state index contributed by atoms with van der Waals surface area (Å²) in [6.45, 7) is 13.5. The minimum absolute atomic E-state index is 0.147. The number of ether oxygens (including phenoxy) is 4. The van der Waals surface area contributed by atoms with E-state index in [2.05, 4.69) is 26.3 Å². The van der Waals surface area contributed by atoms with Crippen LogP contribution in [0.25, 0.3) is 22.3 Å². The molecule has 0 N–H and O–H groups in total. The molecule has 0 atom stereocenters. The molecule has 0 fully saturated rings. The Kier molecular flexibility index (Phi) is 8.88. The topological polar surface area (TPSA) is 105 Å². The summed E-state index contributed by atoms with van der Waals surface area (Å²) in [5.74, 6) is -2.12. The second-order valence-electron chi connectivity index (χ2n) is 7.46. The maximum Gasteiger partial charge on any atom is 0.335 e. The van der Waals surface area contributed by atoms with Crippen LogP contribution in [0.1, 0.15) is 0 Å². The van der Waals surface area contributed by atoms with Gasteiger partial charge in [0, 0.05) is 36.4 Å². The van der Waals surface area contributed by atoms with Crippen molar-refractivity contribution >= 4 is 23.9 Å². The summed E-state index contributed by atoms with van der Waals surface area (Å²) in [5, 5.41) is 0. The molecule has 190 valence electrons. The van der Waals surface area contributed by atoms with Crippen LogP contribution in [0.2, 0.25) is 0 Å². The molecule has 0 saturated carbocycles. The fourth-order valence-electron chi connectivity index (χ4n) is 3.20. The molecule has 3 aromatic carbocycles. The second kappa shape index (κ2) is 12.5. The summed E-state index contributed by atoms with van der Waals surface area (Å²) in [6, 6.07) is 16.3. The van der Waals surface area contributed by atoms with Crippen molar-refractivity contribution < 1.29 is 38.1 Å². The van der Waals surface area contributed by atoms with Gasteiger partial charge in [-0.2, -0.15) is 0 Å². The van der Waals surface area contributed by atoms with Crippen molar-refractivity contribution in [1.29, 1.82) is 0 Å². The zero-order valence-corrected chi connectivity index (χ0v) is 20.2. The van der Waals surface area contributed by atoms with Gasteiger partial charge in [-0.05, 0) is 46.5 Å². The molecule has 0 unspecified atom stereocenters. The Morgan fingerprint density at radius 2 is 0.658 bits per heavy atom. The number of esters is 4. The first kappa shape index (κ1) is 27.1. The van der Waals surface area contributed by atoms with Crippen molar-refractivity contribution in [2.24, 2.45) is 0 Å². The van der Waals surface area contributed by atoms with Crippen LogP contribution in [0, 0.1) is 0 Å². The van der Waals surface area contributed by atoms with Crippen molar-refractivity contribution in [2.75, 3.05) is 0 Å². The van der Waals surface area contributed by atoms with Crippen LogP contribution in [-0.2, 0) is 19.2 Å². The van der Waals surface area contributed by atoms with E-state index in [4.69, 9.17) is 18.9 Å². The van der Waals surface area contributed by atoms with Crippen LogP contribution in [0.4, 0.5) is 0 Å². The lowest BCUT2D eigenvalue weighted by molar-refractivity contribution is -0.130. The van der Waals surface area contributed by atoms with E-state index in [1.165, 1.54) is 12.1 Å². The normalized spacial score (nSPS) is 9.89. The summed E-state index contributed by atoms with van der Waals surface area (Å²) in [6.07, 6.45) is 4.05.